The van der Waals surface area contributed by atoms with Gasteiger partial charge in [-0.15, -0.1) is 0 Å². The molecule has 1 aliphatic rings. The number of fused-ring (bicyclic) bond motifs is 1. The minimum atomic E-state index is -5.71. The molecule has 27 heavy (non-hydrogen) atoms. The van der Waals surface area contributed by atoms with Crippen LogP contribution in [0.15, 0.2) is 30.6 Å². The third-order valence-corrected chi connectivity index (χ3v) is 4.16. The maximum absolute atomic E-state index is 13.2. The lowest BCUT2D eigenvalue weighted by Crippen LogP contribution is -2.45. The van der Waals surface area contributed by atoms with Gasteiger partial charge in [-0.3, -0.25) is 0 Å². The molecule has 0 saturated heterocycles. The van der Waals surface area contributed by atoms with Gasteiger partial charge in [0.25, 0.3) is 6.17 Å². The van der Waals surface area contributed by atoms with Crippen LogP contribution in [-0.4, -0.2) is 39.3 Å². The summed E-state index contributed by atoms with van der Waals surface area (Å²) < 4.78 is 81.3. The Bertz CT molecular complexity index is 761. The first kappa shape index (κ1) is 19.5. The molecule has 0 bridgehead atoms. The highest BCUT2D eigenvalue weighted by Crippen LogP contribution is 2.36. The van der Waals surface area contributed by atoms with Gasteiger partial charge in [0.2, 0.25) is 0 Å². The molecule has 0 aliphatic carbocycles. The fourth-order valence-corrected chi connectivity index (χ4v) is 2.74. The first-order valence-corrected chi connectivity index (χ1v) is 8.12. The Hall–Kier alpha value is -2.30. The SMILES string of the molecule is FC(C(F)(F)F)C(F)(F)Oc1ccc(CNC2CCc3ncnn3C2)cc1. The second-order valence-electron chi connectivity index (χ2n) is 6.19. The summed E-state index contributed by atoms with van der Waals surface area (Å²) in [6.07, 6.45) is -12.0. The average molecular weight is 394 g/mol. The lowest BCUT2D eigenvalue weighted by molar-refractivity contribution is -0.304. The monoisotopic (exact) mass is 394 g/mol. The van der Waals surface area contributed by atoms with E-state index in [1.807, 2.05) is 0 Å². The zero-order valence-corrected chi connectivity index (χ0v) is 13.9. The molecule has 2 unspecified atom stereocenters. The van der Waals surface area contributed by atoms with Crippen molar-refractivity contribution in [2.24, 2.45) is 0 Å². The van der Waals surface area contributed by atoms with Crippen LogP contribution in [0.25, 0.3) is 0 Å². The Morgan fingerprint density at radius 3 is 2.56 bits per heavy atom. The normalized spacial score (nSPS) is 18.8. The van der Waals surface area contributed by atoms with Crippen molar-refractivity contribution in [2.75, 3.05) is 0 Å². The first-order valence-electron chi connectivity index (χ1n) is 8.12. The van der Waals surface area contributed by atoms with Crippen LogP contribution < -0.4 is 10.1 Å². The van der Waals surface area contributed by atoms with Gasteiger partial charge in [0, 0.05) is 19.0 Å². The predicted molar refractivity (Wildman–Crippen MR) is 81.9 cm³/mol. The number of alkyl halides is 6. The summed E-state index contributed by atoms with van der Waals surface area (Å²) in [5.74, 6) is 0.362. The van der Waals surface area contributed by atoms with Crippen LogP contribution in [0, 0.1) is 0 Å². The van der Waals surface area contributed by atoms with Crippen LogP contribution in [0.5, 0.6) is 5.75 Å². The number of aryl methyl sites for hydroxylation is 1. The van der Waals surface area contributed by atoms with E-state index < -0.39 is 24.2 Å². The van der Waals surface area contributed by atoms with Crippen LogP contribution in [0.3, 0.4) is 0 Å². The summed E-state index contributed by atoms with van der Waals surface area (Å²) in [7, 11) is 0. The number of nitrogens with one attached hydrogen (secondary N) is 1. The van der Waals surface area contributed by atoms with Crippen molar-refractivity contribution >= 4 is 0 Å². The zero-order valence-electron chi connectivity index (χ0n) is 13.9. The minimum Gasteiger partial charge on any atom is -0.430 e. The minimum absolute atomic E-state index is 0.151. The number of aromatic nitrogens is 3. The standard InChI is InChI=1S/C16H16F6N4O/c17-14(15(18,19)20)16(21,22)27-12-4-1-10(2-5-12)7-23-11-3-6-13-24-9-25-26(13)8-11/h1-2,4-5,9,11,14,23H,3,6-8H2. The van der Waals surface area contributed by atoms with E-state index >= 15 is 0 Å². The van der Waals surface area contributed by atoms with Gasteiger partial charge in [0.05, 0.1) is 6.54 Å². The Labute approximate surface area is 150 Å². The third-order valence-electron chi connectivity index (χ3n) is 4.16. The molecule has 1 aromatic heterocycles. The lowest BCUT2D eigenvalue weighted by Gasteiger charge is -2.24. The molecule has 1 aromatic carbocycles. The molecule has 0 radical (unpaired) electrons. The van der Waals surface area contributed by atoms with Gasteiger partial charge >= 0.3 is 12.3 Å². The number of halogens is 6. The number of hydrogen-bond donors (Lipinski definition) is 1. The maximum atomic E-state index is 13.2. The molecule has 1 aliphatic heterocycles. The molecule has 0 saturated carbocycles. The van der Waals surface area contributed by atoms with Gasteiger partial charge in [0.15, 0.2) is 0 Å². The van der Waals surface area contributed by atoms with Crippen LogP contribution in [0.1, 0.15) is 17.8 Å². The topological polar surface area (TPSA) is 52.0 Å². The van der Waals surface area contributed by atoms with Crippen molar-refractivity contribution in [1.29, 1.82) is 0 Å². The number of ether oxygens (including phenoxy) is 1. The predicted octanol–water partition coefficient (Wildman–Crippen LogP) is 3.25. The molecule has 2 heterocycles. The Kier molecular flexibility index (Phi) is 5.31. The molecule has 148 valence electrons. The highest BCUT2D eigenvalue weighted by molar-refractivity contribution is 5.27. The van der Waals surface area contributed by atoms with E-state index in [2.05, 4.69) is 20.1 Å². The number of nitrogens with zero attached hydrogens (tertiary/aromatic N) is 3. The van der Waals surface area contributed by atoms with Crippen molar-refractivity contribution in [3.8, 4) is 5.75 Å². The Morgan fingerprint density at radius 2 is 1.89 bits per heavy atom. The van der Waals surface area contributed by atoms with Crippen molar-refractivity contribution in [3.63, 3.8) is 0 Å². The van der Waals surface area contributed by atoms with Crippen molar-refractivity contribution in [3.05, 3.63) is 42.0 Å². The quantitative estimate of drug-likeness (QED) is 0.765. The summed E-state index contributed by atoms with van der Waals surface area (Å²) in [5.41, 5.74) is 0.711. The maximum Gasteiger partial charge on any atom is 0.439 e. The molecule has 5 nitrogen and oxygen atoms in total. The first-order chi connectivity index (χ1) is 12.6. The Balaban J connectivity index is 1.53. The molecule has 0 fully saturated rings. The van der Waals surface area contributed by atoms with E-state index in [0.29, 0.717) is 18.7 Å². The van der Waals surface area contributed by atoms with Crippen LogP contribution in [0.2, 0.25) is 0 Å². The molecular weight excluding hydrogens is 378 g/mol. The zero-order chi connectivity index (χ0) is 19.7. The van der Waals surface area contributed by atoms with Crippen molar-refractivity contribution in [2.45, 2.75) is 50.4 Å². The second kappa shape index (κ2) is 7.37. The number of hydrogen-bond acceptors (Lipinski definition) is 4. The molecule has 2 atom stereocenters. The highest BCUT2D eigenvalue weighted by atomic mass is 19.4. The Morgan fingerprint density at radius 1 is 1.19 bits per heavy atom. The van der Waals surface area contributed by atoms with Crippen LogP contribution in [0.4, 0.5) is 26.3 Å². The van der Waals surface area contributed by atoms with Crippen molar-refractivity contribution < 1.29 is 31.1 Å². The van der Waals surface area contributed by atoms with E-state index in [0.717, 1.165) is 30.8 Å². The molecule has 11 heteroatoms. The van der Waals surface area contributed by atoms with Gasteiger partial charge in [-0.05, 0) is 24.1 Å². The largest absolute Gasteiger partial charge is 0.439 e. The summed E-state index contributed by atoms with van der Waals surface area (Å²) in [6, 6.07) is 5.14. The van der Waals surface area contributed by atoms with E-state index in [9.17, 15) is 26.3 Å². The molecule has 0 amide bonds. The molecule has 1 N–H and O–H groups in total. The van der Waals surface area contributed by atoms with E-state index in [1.54, 1.807) is 4.68 Å². The lowest BCUT2D eigenvalue weighted by atomic mass is 10.1. The van der Waals surface area contributed by atoms with Gasteiger partial charge in [-0.1, -0.05) is 12.1 Å². The highest BCUT2D eigenvalue weighted by Gasteiger charge is 2.59. The summed E-state index contributed by atoms with van der Waals surface area (Å²) >= 11 is 0. The number of rotatable bonds is 6. The summed E-state index contributed by atoms with van der Waals surface area (Å²) in [6.45, 7) is 1.07. The summed E-state index contributed by atoms with van der Waals surface area (Å²) in [4.78, 5) is 4.13. The van der Waals surface area contributed by atoms with Gasteiger partial charge in [-0.25, -0.2) is 14.1 Å². The number of benzene rings is 1. The summed E-state index contributed by atoms with van der Waals surface area (Å²) in [5, 5.41) is 7.39. The molecular formula is C16H16F6N4O. The average Bonchev–Trinajstić information content (AvgIpc) is 3.07. The third kappa shape index (κ3) is 4.71. The van der Waals surface area contributed by atoms with Gasteiger partial charge < -0.3 is 10.1 Å². The fourth-order valence-electron chi connectivity index (χ4n) is 2.74. The van der Waals surface area contributed by atoms with E-state index in [4.69, 9.17) is 0 Å². The van der Waals surface area contributed by atoms with Crippen LogP contribution >= 0.6 is 0 Å². The molecule has 0 spiro atoms. The molecule has 3 rings (SSSR count). The second-order valence-corrected chi connectivity index (χ2v) is 6.19. The van der Waals surface area contributed by atoms with E-state index in [1.165, 1.54) is 18.5 Å². The smallest absolute Gasteiger partial charge is 0.430 e. The molecule has 2 aromatic rings. The fraction of sp³-hybridized carbons (Fsp3) is 0.500. The van der Waals surface area contributed by atoms with Crippen LogP contribution in [-0.2, 0) is 19.5 Å². The van der Waals surface area contributed by atoms with Gasteiger partial charge in [0.1, 0.15) is 17.9 Å². The van der Waals surface area contributed by atoms with Crippen molar-refractivity contribution in [1.82, 2.24) is 20.1 Å². The van der Waals surface area contributed by atoms with Gasteiger partial charge in [-0.2, -0.15) is 27.1 Å². The van der Waals surface area contributed by atoms with E-state index in [-0.39, 0.29) is 6.04 Å².